The predicted molar refractivity (Wildman–Crippen MR) is 70.5 cm³/mol. The fraction of sp³-hybridized carbons (Fsp3) is 0.273. The molecule has 0 fully saturated rings. The normalized spacial score (nSPS) is 9.31. The van der Waals surface area contributed by atoms with Crippen LogP contribution in [0.25, 0.3) is 0 Å². The minimum Gasteiger partial charge on any atom is -0.351 e. The molecule has 0 saturated carbocycles. The molecule has 1 rings (SSSR count). The van der Waals surface area contributed by atoms with E-state index in [4.69, 9.17) is 29.1 Å². The molecule has 3 nitrogen and oxygen atoms in total. The van der Waals surface area contributed by atoms with Gasteiger partial charge in [-0.2, -0.15) is 5.26 Å². The fourth-order valence-electron chi connectivity index (χ4n) is 1.09. The third kappa shape index (κ3) is 3.69. The van der Waals surface area contributed by atoms with Crippen molar-refractivity contribution < 1.29 is 0 Å². The zero-order valence-electron chi connectivity index (χ0n) is 8.90. The van der Waals surface area contributed by atoms with Crippen LogP contribution in [0.1, 0.15) is 6.42 Å². The van der Waals surface area contributed by atoms with Gasteiger partial charge in [0.2, 0.25) is 0 Å². The number of anilines is 1. The number of hydrogen-bond acceptors (Lipinski definition) is 2. The Hall–Kier alpha value is -1.31. The van der Waals surface area contributed by atoms with Crippen molar-refractivity contribution in [1.29, 1.82) is 5.26 Å². The molecule has 0 radical (unpaired) electrons. The molecule has 0 bridgehead atoms. The fourth-order valence-corrected chi connectivity index (χ4v) is 1.48. The highest BCUT2D eigenvalue weighted by molar-refractivity contribution is 7.80. The molecular weight excluding hydrogens is 242 g/mol. The summed E-state index contributed by atoms with van der Waals surface area (Å²) in [5, 5.41) is 12.7. The Kier molecular flexibility index (Phi) is 5.03. The van der Waals surface area contributed by atoms with Gasteiger partial charge in [-0.05, 0) is 24.4 Å². The average Bonchev–Trinajstić information content (AvgIpc) is 2.28. The number of para-hydroxylation sites is 1. The molecule has 0 spiro atoms. The summed E-state index contributed by atoms with van der Waals surface area (Å²) in [6.45, 7) is 0.604. The summed E-state index contributed by atoms with van der Waals surface area (Å²) < 4.78 is 0. The summed E-state index contributed by atoms with van der Waals surface area (Å²) >= 11 is 11.2. The van der Waals surface area contributed by atoms with E-state index >= 15 is 0 Å². The standard InChI is InChI=1S/C11H12ClN3S/c1-15(8-4-7-13)11(16)14-10-6-3-2-5-9(10)12/h2-3,5-6H,4,8H2,1H3,(H,14,16). The Bertz CT molecular complexity index is 414. The van der Waals surface area contributed by atoms with Crippen molar-refractivity contribution in [2.75, 3.05) is 18.9 Å². The number of rotatable bonds is 3. The number of hydrogen-bond donors (Lipinski definition) is 1. The van der Waals surface area contributed by atoms with Gasteiger partial charge in [-0.1, -0.05) is 23.7 Å². The Morgan fingerprint density at radius 1 is 1.56 bits per heavy atom. The minimum absolute atomic E-state index is 0.445. The highest BCUT2D eigenvalue weighted by Gasteiger charge is 2.05. The van der Waals surface area contributed by atoms with Gasteiger partial charge in [-0.25, -0.2) is 0 Å². The number of nitriles is 1. The van der Waals surface area contributed by atoms with E-state index in [9.17, 15) is 0 Å². The summed E-state index contributed by atoms with van der Waals surface area (Å²) in [4.78, 5) is 1.81. The lowest BCUT2D eigenvalue weighted by Gasteiger charge is -2.20. The monoisotopic (exact) mass is 253 g/mol. The van der Waals surface area contributed by atoms with Crippen LogP contribution in [0, 0.1) is 11.3 Å². The first-order valence-corrected chi connectivity index (χ1v) is 5.57. The second-order valence-electron chi connectivity index (χ2n) is 3.24. The Morgan fingerprint density at radius 2 is 2.25 bits per heavy atom. The first-order valence-electron chi connectivity index (χ1n) is 4.78. The highest BCUT2D eigenvalue weighted by Crippen LogP contribution is 2.20. The van der Waals surface area contributed by atoms with E-state index in [1.807, 2.05) is 30.1 Å². The molecule has 0 aliphatic rings. The van der Waals surface area contributed by atoms with E-state index in [0.717, 1.165) is 5.69 Å². The van der Waals surface area contributed by atoms with Crippen LogP contribution < -0.4 is 5.32 Å². The third-order valence-corrected chi connectivity index (χ3v) is 2.76. The van der Waals surface area contributed by atoms with Gasteiger partial charge < -0.3 is 10.2 Å². The quantitative estimate of drug-likeness (QED) is 0.841. The van der Waals surface area contributed by atoms with Crippen LogP contribution in [0.3, 0.4) is 0 Å². The van der Waals surface area contributed by atoms with Crippen molar-refractivity contribution in [2.45, 2.75) is 6.42 Å². The summed E-state index contributed by atoms with van der Waals surface area (Å²) in [7, 11) is 1.84. The molecule has 5 heteroatoms. The van der Waals surface area contributed by atoms with Gasteiger partial charge >= 0.3 is 0 Å². The van der Waals surface area contributed by atoms with E-state index in [-0.39, 0.29) is 0 Å². The van der Waals surface area contributed by atoms with Gasteiger partial charge in [0.25, 0.3) is 0 Å². The van der Waals surface area contributed by atoms with Crippen LogP contribution in [-0.2, 0) is 0 Å². The molecular formula is C11H12ClN3S. The van der Waals surface area contributed by atoms with E-state index in [1.165, 1.54) is 0 Å². The molecule has 0 aliphatic heterocycles. The second kappa shape index (κ2) is 6.31. The first kappa shape index (κ1) is 12.8. The number of halogens is 1. The average molecular weight is 254 g/mol. The zero-order chi connectivity index (χ0) is 12.0. The van der Waals surface area contributed by atoms with Crippen molar-refractivity contribution in [3.05, 3.63) is 29.3 Å². The summed E-state index contributed by atoms with van der Waals surface area (Å²) in [6, 6.07) is 9.46. The van der Waals surface area contributed by atoms with Crippen molar-refractivity contribution in [2.24, 2.45) is 0 Å². The van der Waals surface area contributed by atoms with Gasteiger partial charge in [0, 0.05) is 13.6 Å². The summed E-state index contributed by atoms with van der Waals surface area (Å²) in [5.41, 5.74) is 0.776. The molecule has 16 heavy (non-hydrogen) atoms. The Labute approximate surface area is 106 Å². The molecule has 0 unspecified atom stereocenters. The number of nitrogens with one attached hydrogen (secondary N) is 1. The summed E-state index contributed by atoms with van der Waals surface area (Å²) in [5.74, 6) is 0. The molecule has 0 heterocycles. The molecule has 0 atom stereocenters. The lowest BCUT2D eigenvalue weighted by molar-refractivity contribution is 0.523. The largest absolute Gasteiger partial charge is 0.351 e. The highest BCUT2D eigenvalue weighted by atomic mass is 35.5. The maximum Gasteiger partial charge on any atom is 0.173 e. The van der Waals surface area contributed by atoms with Gasteiger partial charge in [0.15, 0.2) is 5.11 Å². The third-order valence-electron chi connectivity index (χ3n) is 2.02. The van der Waals surface area contributed by atoms with Crippen molar-refractivity contribution >= 4 is 34.6 Å². The van der Waals surface area contributed by atoms with E-state index in [1.54, 1.807) is 6.07 Å². The Morgan fingerprint density at radius 3 is 2.88 bits per heavy atom. The zero-order valence-corrected chi connectivity index (χ0v) is 10.5. The molecule has 1 N–H and O–H groups in total. The van der Waals surface area contributed by atoms with E-state index in [0.29, 0.717) is 23.1 Å². The number of thiocarbonyl (C=S) groups is 1. The van der Waals surface area contributed by atoms with Crippen LogP contribution in [0.2, 0.25) is 5.02 Å². The topological polar surface area (TPSA) is 39.1 Å². The second-order valence-corrected chi connectivity index (χ2v) is 4.03. The van der Waals surface area contributed by atoms with Crippen LogP contribution >= 0.6 is 23.8 Å². The molecule has 1 aromatic rings. The number of benzene rings is 1. The smallest absolute Gasteiger partial charge is 0.173 e. The minimum atomic E-state index is 0.445. The van der Waals surface area contributed by atoms with Crippen molar-refractivity contribution in [3.63, 3.8) is 0 Å². The lowest BCUT2D eigenvalue weighted by Crippen LogP contribution is -2.31. The summed E-state index contributed by atoms with van der Waals surface area (Å²) in [6.07, 6.45) is 0.445. The van der Waals surface area contributed by atoms with Gasteiger partial charge in [-0.15, -0.1) is 0 Å². The number of nitrogens with zero attached hydrogens (tertiary/aromatic N) is 2. The van der Waals surface area contributed by atoms with Crippen LogP contribution in [0.15, 0.2) is 24.3 Å². The van der Waals surface area contributed by atoms with Crippen LogP contribution in [0.5, 0.6) is 0 Å². The van der Waals surface area contributed by atoms with Gasteiger partial charge in [-0.3, -0.25) is 0 Å². The van der Waals surface area contributed by atoms with E-state index < -0.39 is 0 Å². The predicted octanol–water partition coefficient (Wildman–Crippen LogP) is 2.88. The van der Waals surface area contributed by atoms with Crippen molar-refractivity contribution in [3.8, 4) is 6.07 Å². The van der Waals surface area contributed by atoms with E-state index in [2.05, 4.69) is 11.4 Å². The molecule has 1 aromatic carbocycles. The molecule has 0 saturated heterocycles. The molecule has 0 aromatic heterocycles. The molecule has 0 aliphatic carbocycles. The van der Waals surface area contributed by atoms with Crippen LogP contribution in [0.4, 0.5) is 5.69 Å². The lowest BCUT2D eigenvalue weighted by atomic mass is 10.3. The maximum absolute atomic E-state index is 8.47. The van der Waals surface area contributed by atoms with Crippen molar-refractivity contribution in [1.82, 2.24) is 4.90 Å². The first-order chi connectivity index (χ1) is 7.65. The van der Waals surface area contributed by atoms with Gasteiger partial charge in [0.1, 0.15) is 0 Å². The molecule has 84 valence electrons. The van der Waals surface area contributed by atoms with Crippen LogP contribution in [-0.4, -0.2) is 23.6 Å². The maximum atomic E-state index is 8.47. The SMILES string of the molecule is CN(CCC#N)C(=S)Nc1ccccc1Cl. The molecule has 0 amide bonds. The van der Waals surface area contributed by atoms with Gasteiger partial charge in [0.05, 0.1) is 23.2 Å². The Balaban J connectivity index is 2.58.